The molecule has 0 aromatic carbocycles. The summed E-state index contributed by atoms with van der Waals surface area (Å²) in [7, 11) is 5.99. The van der Waals surface area contributed by atoms with Crippen LogP contribution in [0.1, 0.15) is 348 Å². The maximum atomic E-state index is 13.0. The highest BCUT2D eigenvalue weighted by molar-refractivity contribution is 5.71. The molecule has 2 atom stereocenters. The number of unbranched alkanes of at least 4 members (excludes halogenated alkanes) is 41. The Balaban J connectivity index is 4.00. The van der Waals surface area contributed by atoms with E-state index in [0.717, 1.165) is 77.0 Å². The fourth-order valence-electron chi connectivity index (χ4n) is 10.9. The van der Waals surface area contributed by atoms with Gasteiger partial charge in [0.2, 0.25) is 0 Å². The molecule has 0 heterocycles. The first-order chi connectivity index (χ1) is 43.6. The van der Waals surface area contributed by atoms with Gasteiger partial charge in [-0.1, -0.05) is 330 Å². The molecule has 0 saturated heterocycles. The molecule has 0 aromatic heterocycles. The Bertz CT molecular complexity index is 1740. The average Bonchev–Trinajstić information content (AvgIpc) is 3.64. The van der Waals surface area contributed by atoms with Gasteiger partial charge in [-0.15, -0.1) is 0 Å². The summed E-state index contributed by atoms with van der Waals surface area (Å²) in [5.74, 6) is -1.99. The Labute approximate surface area is 550 Å². The van der Waals surface area contributed by atoms with E-state index in [9.17, 15) is 19.5 Å². The Morgan fingerprint density at radius 3 is 0.955 bits per heavy atom. The molecule has 0 fully saturated rings. The molecule has 0 bridgehead atoms. The molecule has 0 radical (unpaired) electrons. The molecule has 9 nitrogen and oxygen atoms in total. The van der Waals surface area contributed by atoms with E-state index in [2.05, 4.69) is 98.9 Å². The highest BCUT2D eigenvalue weighted by atomic mass is 16.7. The fraction of sp³-hybridized carbons (Fsp3) is 0.787. The number of rotatable bonds is 70. The summed E-state index contributed by atoms with van der Waals surface area (Å²) in [5, 5.41) is 9.76. The zero-order valence-corrected chi connectivity index (χ0v) is 59.1. The minimum Gasteiger partial charge on any atom is -0.477 e. The lowest BCUT2D eigenvalue weighted by atomic mass is 10.0. The van der Waals surface area contributed by atoms with Crippen molar-refractivity contribution < 1.29 is 42.9 Å². The van der Waals surface area contributed by atoms with Gasteiger partial charge >= 0.3 is 17.9 Å². The summed E-state index contributed by atoms with van der Waals surface area (Å²) in [6.07, 6.45) is 92.9. The third-order valence-corrected chi connectivity index (χ3v) is 16.6. The Hall–Kier alpha value is -3.53. The van der Waals surface area contributed by atoms with Crippen LogP contribution >= 0.6 is 0 Å². The van der Waals surface area contributed by atoms with Crippen LogP contribution in [-0.2, 0) is 33.3 Å². The molecule has 0 aromatic rings. The van der Waals surface area contributed by atoms with Gasteiger partial charge in [0.15, 0.2) is 6.10 Å². The topological polar surface area (TPSA) is 108 Å². The van der Waals surface area contributed by atoms with Crippen LogP contribution in [0, 0.1) is 0 Å². The molecule has 0 amide bonds. The summed E-state index contributed by atoms with van der Waals surface area (Å²) < 4.78 is 23.0. The van der Waals surface area contributed by atoms with Gasteiger partial charge in [0.25, 0.3) is 6.29 Å². The SMILES string of the molecule is CC/C=C\C/C=C\C/C=C\C/C=C\C/C=C\CCCCCCCCCCCCCCCCCCCCCCCCCC(=O)OC(COC(=O)CCCCCCCCCCCCCCC/C=C\C/C=C\CCCCCCC)COC(OCC[N+](C)(C)C)C(=O)O. The molecular formula is C80H144NO8+. The second-order valence-corrected chi connectivity index (χ2v) is 26.6. The molecule has 0 aliphatic heterocycles. The number of nitrogens with zero attached hydrogens (tertiary/aromatic N) is 1. The van der Waals surface area contributed by atoms with Crippen LogP contribution in [0.25, 0.3) is 0 Å². The highest BCUT2D eigenvalue weighted by Gasteiger charge is 2.25. The van der Waals surface area contributed by atoms with Crippen molar-refractivity contribution in [1.29, 1.82) is 0 Å². The number of esters is 2. The molecule has 89 heavy (non-hydrogen) atoms. The van der Waals surface area contributed by atoms with E-state index in [1.165, 1.54) is 244 Å². The molecule has 0 saturated carbocycles. The lowest BCUT2D eigenvalue weighted by molar-refractivity contribution is -0.870. The average molecular weight is 1250 g/mol. The van der Waals surface area contributed by atoms with Gasteiger partial charge in [0, 0.05) is 12.8 Å². The number of ether oxygens (including phenoxy) is 4. The maximum absolute atomic E-state index is 13.0. The third kappa shape index (κ3) is 71.8. The number of carboxylic acids is 1. The number of likely N-dealkylation sites (N-methyl/N-ethyl adjacent to an activating group) is 1. The van der Waals surface area contributed by atoms with Crippen molar-refractivity contribution in [2.45, 2.75) is 360 Å². The number of carboxylic acid groups (broad SMARTS) is 1. The molecule has 2 unspecified atom stereocenters. The normalized spacial score (nSPS) is 13.1. The van der Waals surface area contributed by atoms with Crippen LogP contribution in [0.15, 0.2) is 85.1 Å². The predicted octanol–water partition coefficient (Wildman–Crippen LogP) is 23.8. The number of quaternary nitrogens is 1. The van der Waals surface area contributed by atoms with Crippen LogP contribution in [-0.4, -0.2) is 87.4 Å². The van der Waals surface area contributed by atoms with E-state index in [-0.39, 0.29) is 38.2 Å². The van der Waals surface area contributed by atoms with E-state index in [1.54, 1.807) is 0 Å². The predicted molar refractivity (Wildman–Crippen MR) is 382 cm³/mol. The summed E-state index contributed by atoms with van der Waals surface area (Å²) in [4.78, 5) is 37.7. The van der Waals surface area contributed by atoms with Gasteiger partial charge in [-0.2, -0.15) is 0 Å². The van der Waals surface area contributed by atoms with Crippen molar-refractivity contribution in [1.82, 2.24) is 0 Å². The van der Waals surface area contributed by atoms with Crippen LogP contribution in [0.4, 0.5) is 0 Å². The maximum Gasteiger partial charge on any atom is 0.361 e. The number of carbonyl (C=O) groups is 3. The summed E-state index contributed by atoms with van der Waals surface area (Å²) in [6.45, 7) is 4.80. The largest absolute Gasteiger partial charge is 0.477 e. The second-order valence-electron chi connectivity index (χ2n) is 26.6. The lowest BCUT2D eigenvalue weighted by Crippen LogP contribution is -2.40. The monoisotopic (exact) mass is 1250 g/mol. The zero-order chi connectivity index (χ0) is 64.7. The van der Waals surface area contributed by atoms with Crippen LogP contribution in [0.2, 0.25) is 0 Å². The highest BCUT2D eigenvalue weighted by Crippen LogP contribution is 2.19. The fourth-order valence-corrected chi connectivity index (χ4v) is 10.9. The van der Waals surface area contributed by atoms with Crippen molar-refractivity contribution in [2.75, 3.05) is 47.5 Å². The number of carbonyl (C=O) groups excluding carboxylic acids is 2. The third-order valence-electron chi connectivity index (χ3n) is 16.6. The van der Waals surface area contributed by atoms with Crippen molar-refractivity contribution in [3.05, 3.63) is 85.1 Å². The summed E-state index contributed by atoms with van der Waals surface area (Å²) in [6, 6.07) is 0. The van der Waals surface area contributed by atoms with Crippen molar-refractivity contribution >= 4 is 17.9 Å². The quantitative estimate of drug-likeness (QED) is 0.0211. The van der Waals surface area contributed by atoms with Gasteiger partial charge in [-0.25, -0.2) is 4.79 Å². The van der Waals surface area contributed by atoms with Crippen molar-refractivity contribution in [3.8, 4) is 0 Å². The minimum absolute atomic E-state index is 0.180. The van der Waals surface area contributed by atoms with E-state index in [1.807, 2.05) is 21.1 Å². The molecule has 516 valence electrons. The van der Waals surface area contributed by atoms with Crippen LogP contribution < -0.4 is 0 Å². The van der Waals surface area contributed by atoms with E-state index >= 15 is 0 Å². The van der Waals surface area contributed by atoms with Gasteiger partial charge in [0.1, 0.15) is 13.2 Å². The molecule has 0 aliphatic carbocycles. The van der Waals surface area contributed by atoms with E-state index in [4.69, 9.17) is 18.9 Å². The first-order valence-corrected chi connectivity index (χ1v) is 37.8. The second kappa shape index (κ2) is 70.3. The summed E-state index contributed by atoms with van der Waals surface area (Å²) in [5.41, 5.74) is 0. The Morgan fingerprint density at radius 1 is 0.348 bits per heavy atom. The molecular weight excluding hydrogens is 1100 g/mol. The standard InChI is InChI=1S/C80H143NO8/c1-6-8-10-12-14-16-18-20-22-24-26-28-30-32-33-34-35-36-37-38-39-40-41-42-43-44-45-47-49-51-53-55-57-59-61-63-65-67-69-71-78(83)89-76(75-88-80(79(84)85)86-73-72-81(3,4)5)74-87-77(82)70-68-66-64-62-60-58-56-54-52-50-48-46-31-29-27-25-23-21-19-17-15-13-11-9-7-2/h8,10,14,16,19-22,25-28,32-33,76,80H,6-7,9,11-13,15,17-18,23-24,29-31,34-75H2,1-5H3/p+1/b10-8-,16-14-,21-19-,22-20-,27-25-,28-26-,33-32-. The smallest absolute Gasteiger partial charge is 0.361 e. The number of allylic oxidation sites excluding steroid dienone is 14. The molecule has 0 rings (SSSR count). The van der Waals surface area contributed by atoms with E-state index in [0.29, 0.717) is 17.4 Å². The van der Waals surface area contributed by atoms with Gasteiger partial charge in [-0.3, -0.25) is 9.59 Å². The Kier molecular flexibility index (Phi) is 67.6. The lowest BCUT2D eigenvalue weighted by Gasteiger charge is -2.25. The first kappa shape index (κ1) is 85.5. The molecule has 0 aliphatic rings. The molecule has 9 heteroatoms. The van der Waals surface area contributed by atoms with Crippen molar-refractivity contribution in [2.24, 2.45) is 0 Å². The minimum atomic E-state index is -1.51. The van der Waals surface area contributed by atoms with E-state index < -0.39 is 18.4 Å². The molecule has 0 spiro atoms. The van der Waals surface area contributed by atoms with Gasteiger partial charge < -0.3 is 28.5 Å². The number of aliphatic carboxylic acids is 1. The first-order valence-electron chi connectivity index (χ1n) is 37.8. The number of hydrogen-bond acceptors (Lipinski definition) is 7. The molecule has 1 N–H and O–H groups in total. The van der Waals surface area contributed by atoms with Crippen LogP contribution in [0.5, 0.6) is 0 Å². The van der Waals surface area contributed by atoms with Gasteiger partial charge in [0.05, 0.1) is 34.4 Å². The zero-order valence-electron chi connectivity index (χ0n) is 59.1. The van der Waals surface area contributed by atoms with Crippen LogP contribution in [0.3, 0.4) is 0 Å². The van der Waals surface area contributed by atoms with Crippen molar-refractivity contribution in [3.63, 3.8) is 0 Å². The van der Waals surface area contributed by atoms with Gasteiger partial charge in [-0.05, 0) is 89.9 Å². The summed E-state index contributed by atoms with van der Waals surface area (Å²) >= 11 is 0. The number of hydrogen-bond donors (Lipinski definition) is 1. The Morgan fingerprint density at radius 2 is 0.640 bits per heavy atom.